The highest BCUT2D eigenvalue weighted by atomic mass is 32.3. The van der Waals surface area contributed by atoms with Crippen molar-refractivity contribution in [2.75, 3.05) is 33.5 Å². The van der Waals surface area contributed by atoms with Crippen molar-refractivity contribution >= 4 is 10.4 Å². The summed E-state index contributed by atoms with van der Waals surface area (Å²) in [5.74, 6) is 0. The summed E-state index contributed by atoms with van der Waals surface area (Å²) >= 11 is 0. The van der Waals surface area contributed by atoms with E-state index in [2.05, 4.69) is 4.18 Å². The predicted octanol–water partition coefficient (Wildman–Crippen LogP) is 8.45. The molecule has 6 aromatic carbocycles. The van der Waals surface area contributed by atoms with Gasteiger partial charge in [-0.1, -0.05) is 182 Å². The van der Waals surface area contributed by atoms with Gasteiger partial charge in [-0.3, -0.25) is 4.55 Å². The molecule has 0 saturated carbocycles. The zero-order valence-electron chi connectivity index (χ0n) is 40.7. The Morgan fingerprint density at radius 3 is 1.12 bits per heavy atom. The molecule has 1 N–H and O–H groups in total. The Morgan fingerprint density at radius 1 is 0.397 bits per heavy atom. The minimum absolute atomic E-state index is 0.00578. The fourth-order valence-electron chi connectivity index (χ4n) is 8.70. The highest BCUT2D eigenvalue weighted by molar-refractivity contribution is 7.80. The molecule has 15 nitrogen and oxygen atoms in total. The minimum atomic E-state index is -4.77. The van der Waals surface area contributed by atoms with Gasteiger partial charge in [-0.05, 0) is 33.4 Å². The van der Waals surface area contributed by atoms with E-state index in [1.165, 1.54) is 7.11 Å². The summed E-state index contributed by atoms with van der Waals surface area (Å²) in [5, 5.41) is 0. The van der Waals surface area contributed by atoms with Crippen molar-refractivity contribution in [3.63, 3.8) is 0 Å². The number of ether oxygens (including phenoxy) is 11. The topological polar surface area (TPSA) is 165 Å². The molecule has 0 unspecified atom stereocenters. The Hall–Kier alpha value is -5.25. The maximum absolute atomic E-state index is 11.6. The molecule has 0 aliphatic carbocycles. The van der Waals surface area contributed by atoms with Crippen LogP contribution in [0.4, 0.5) is 0 Å². The van der Waals surface area contributed by atoms with Gasteiger partial charge in [0.05, 0.1) is 66.1 Å². The van der Waals surface area contributed by atoms with Crippen LogP contribution in [-0.2, 0) is 106 Å². The number of hydrogen-bond donors (Lipinski definition) is 1. The monoisotopic (exact) mass is 1020 g/mol. The highest BCUT2D eigenvalue weighted by Crippen LogP contribution is 2.37. The van der Waals surface area contributed by atoms with E-state index >= 15 is 0 Å². The van der Waals surface area contributed by atoms with Crippen LogP contribution in [0.2, 0.25) is 0 Å². The molecular weight excluding hydrogens is 957 g/mol. The van der Waals surface area contributed by atoms with E-state index in [1.54, 1.807) is 0 Å². The van der Waals surface area contributed by atoms with E-state index in [9.17, 15) is 13.0 Å². The zero-order valence-corrected chi connectivity index (χ0v) is 41.6. The summed E-state index contributed by atoms with van der Waals surface area (Å²) in [6.45, 7) is 0.522. The molecule has 16 heteroatoms. The molecule has 10 atom stereocenters. The third kappa shape index (κ3) is 16.9. The van der Waals surface area contributed by atoms with Crippen molar-refractivity contribution in [2.45, 2.75) is 101 Å². The van der Waals surface area contributed by atoms with E-state index in [-0.39, 0.29) is 52.9 Å². The summed E-state index contributed by atoms with van der Waals surface area (Å²) in [4.78, 5) is 0. The lowest BCUT2D eigenvalue weighted by atomic mass is 9.95. The van der Waals surface area contributed by atoms with Crippen molar-refractivity contribution in [1.29, 1.82) is 0 Å². The Labute approximate surface area is 428 Å². The Balaban J connectivity index is 1.19. The fourth-order valence-corrected chi connectivity index (χ4v) is 8.98. The molecule has 0 amide bonds. The van der Waals surface area contributed by atoms with Crippen molar-refractivity contribution < 1.29 is 69.3 Å². The van der Waals surface area contributed by atoms with E-state index in [0.717, 1.165) is 33.4 Å². The van der Waals surface area contributed by atoms with E-state index in [0.29, 0.717) is 6.61 Å². The van der Waals surface area contributed by atoms with Gasteiger partial charge in [-0.25, -0.2) is 4.18 Å². The molecule has 0 aromatic heterocycles. The largest absolute Gasteiger partial charge is 0.397 e. The number of hydrogen-bond acceptors (Lipinski definition) is 14. The smallest absolute Gasteiger partial charge is 0.374 e. The molecule has 73 heavy (non-hydrogen) atoms. The lowest BCUT2D eigenvalue weighted by molar-refractivity contribution is -0.375. The van der Waals surface area contributed by atoms with E-state index in [1.807, 2.05) is 182 Å². The van der Waals surface area contributed by atoms with Gasteiger partial charge in [-0.2, -0.15) is 8.42 Å². The molecule has 2 aliphatic rings. The fraction of sp³-hybridized carbons (Fsp3) is 0.368. The van der Waals surface area contributed by atoms with Gasteiger partial charge in [0.2, 0.25) is 0 Å². The predicted molar refractivity (Wildman–Crippen MR) is 269 cm³/mol. The second-order valence-electron chi connectivity index (χ2n) is 17.6. The molecule has 8 rings (SSSR count). The van der Waals surface area contributed by atoms with Crippen LogP contribution in [-0.4, -0.2) is 108 Å². The molecule has 2 aliphatic heterocycles. The van der Waals surface area contributed by atoms with Crippen LogP contribution in [0.15, 0.2) is 182 Å². The normalized spacial score (nSPS) is 24.3. The molecule has 0 spiro atoms. The first kappa shape index (κ1) is 54.0. The Kier molecular flexibility index (Phi) is 21.0. The number of methoxy groups -OCH3 is 1. The van der Waals surface area contributed by atoms with Crippen LogP contribution in [0.25, 0.3) is 0 Å². The van der Waals surface area contributed by atoms with Gasteiger partial charge < -0.3 is 52.1 Å². The molecule has 2 saturated heterocycles. The molecule has 2 fully saturated rings. The van der Waals surface area contributed by atoms with Gasteiger partial charge >= 0.3 is 10.4 Å². The van der Waals surface area contributed by atoms with Crippen molar-refractivity contribution in [1.82, 2.24) is 0 Å². The molecular formula is C57H64O15S. The summed E-state index contributed by atoms with van der Waals surface area (Å²) in [6.07, 6.45) is -9.60. The maximum Gasteiger partial charge on any atom is 0.397 e. The van der Waals surface area contributed by atoms with Crippen LogP contribution >= 0.6 is 0 Å². The van der Waals surface area contributed by atoms with Gasteiger partial charge in [-0.15, -0.1) is 0 Å². The van der Waals surface area contributed by atoms with Crippen LogP contribution in [0, 0.1) is 0 Å². The van der Waals surface area contributed by atoms with Crippen molar-refractivity contribution in [3.05, 3.63) is 215 Å². The summed E-state index contributed by atoms with van der Waals surface area (Å²) in [6, 6.07) is 58.7. The summed E-state index contributed by atoms with van der Waals surface area (Å²) in [7, 11) is -3.30. The molecule has 388 valence electrons. The first-order valence-electron chi connectivity index (χ1n) is 24.4. The van der Waals surface area contributed by atoms with Crippen LogP contribution in [0.5, 0.6) is 0 Å². The first-order chi connectivity index (χ1) is 35.8. The van der Waals surface area contributed by atoms with Gasteiger partial charge in [0, 0.05) is 7.11 Å². The van der Waals surface area contributed by atoms with Crippen LogP contribution < -0.4 is 0 Å². The van der Waals surface area contributed by atoms with Gasteiger partial charge in [0.25, 0.3) is 0 Å². The maximum atomic E-state index is 11.6. The van der Waals surface area contributed by atoms with Gasteiger partial charge in [0.1, 0.15) is 48.8 Å². The molecule has 2 heterocycles. The van der Waals surface area contributed by atoms with E-state index in [4.69, 9.17) is 52.1 Å². The SMILES string of the molecule is CO[C@@H]1O[C@H](COCc2ccccc2)[C@H](O[C@H]2O[C@H](COCc3ccccc3)[C@H](OCc3ccccc3)[C@H](OCc3ccccc3)[C@H]2OCc2ccccc2)[C@H](OCc2ccccc2)[C@H]1OCCOS(=O)(=O)O. The lowest BCUT2D eigenvalue weighted by Gasteiger charge is -2.50. The Morgan fingerprint density at radius 2 is 0.726 bits per heavy atom. The minimum Gasteiger partial charge on any atom is -0.374 e. The third-order valence-electron chi connectivity index (χ3n) is 12.3. The van der Waals surface area contributed by atoms with E-state index < -0.39 is 78.4 Å². The zero-order chi connectivity index (χ0) is 50.5. The molecule has 6 aromatic rings. The quantitative estimate of drug-likeness (QED) is 0.0367. The lowest BCUT2D eigenvalue weighted by Crippen LogP contribution is -2.66. The summed E-state index contributed by atoms with van der Waals surface area (Å²) < 4.78 is 111. The molecule has 0 bridgehead atoms. The van der Waals surface area contributed by atoms with Crippen LogP contribution in [0.3, 0.4) is 0 Å². The average molecular weight is 1020 g/mol. The molecule has 0 radical (unpaired) electrons. The standard InChI is InChI=1S/C57H64O15S/c1-61-56-54(64-32-33-69-73(58,59)60)53(67-38-46-28-16-6-17-29-46)51(49(70-56)41-63-35-43-22-10-3-11-23-43)72-57-55(68-39-47-30-18-7-19-31-47)52(66-37-45-26-14-5-15-27-45)50(65-36-44-24-12-4-13-25-44)48(71-57)40-62-34-42-20-8-2-9-21-42/h2-31,48-57H,32-41H2,1H3,(H,58,59,60)/t48-,49-,50+,51+,52+,53+,54-,55-,56-,57-/m1/s1. The van der Waals surface area contributed by atoms with Crippen LogP contribution in [0.1, 0.15) is 33.4 Å². The highest BCUT2D eigenvalue weighted by Gasteiger charge is 2.54. The van der Waals surface area contributed by atoms with Crippen molar-refractivity contribution in [3.8, 4) is 0 Å². The second kappa shape index (κ2) is 28.4. The summed E-state index contributed by atoms with van der Waals surface area (Å²) in [5.41, 5.74) is 5.56. The Bertz CT molecular complexity index is 2550. The number of rotatable bonds is 28. The number of benzene rings is 6. The van der Waals surface area contributed by atoms with Crippen molar-refractivity contribution in [2.24, 2.45) is 0 Å². The average Bonchev–Trinajstić information content (AvgIpc) is 3.42. The second-order valence-corrected chi connectivity index (χ2v) is 18.6. The van der Waals surface area contributed by atoms with Gasteiger partial charge in [0.15, 0.2) is 12.6 Å². The third-order valence-corrected chi connectivity index (χ3v) is 12.7. The first-order valence-corrected chi connectivity index (χ1v) is 25.7.